The molecular formula is C11H19N3O5S. The van der Waals surface area contributed by atoms with Crippen molar-refractivity contribution in [2.24, 2.45) is 5.73 Å². The molecule has 0 spiro atoms. The van der Waals surface area contributed by atoms with E-state index in [-0.39, 0.29) is 31.2 Å². The number of thiol groups is 1. The Morgan fingerprint density at radius 2 is 1.85 bits per heavy atom. The molecule has 0 radical (unpaired) electrons. The highest BCUT2D eigenvalue weighted by molar-refractivity contribution is 7.80. The van der Waals surface area contributed by atoms with Gasteiger partial charge in [0.15, 0.2) is 0 Å². The zero-order chi connectivity index (χ0) is 15.7. The Hall–Kier alpha value is -1.45. The number of hydrogen-bond donors (Lipinski definition) is 5. The number of nitrogens with one attached hydrogen (secondary N) is 2. The number of carboxylic acid groups (broad SMARTS) is 1. The Labute approximate surface area is 121 Å². The van der Waals surface area contributed by atoms with E-state index in [2.05, 4.69) is 23.3 Å². The minimum Gasteiger partial charge on any atom is -0.481 e. The van der Waals surface area contributed by atoms with Gasteiger partial charge in [-0.2, -0.15) is 12.6 Å². The van der Waals surface area contributed by atoms with Crippen LogP contribution in [0, 0.1) is 0 Å². The second kappa shape index (κ2) is 9.45. The van der Waals surface area contributed by atoms with Crippen molar-refractivity contribution in [2.45, 2.75) is 31.8 Å². The third kappa shape index (κ3) is 7.22. The molecule has 1 amide bonds. The first kappa shape index (κ1) is 18.6. The van der Waals surface area contributed by atoms with Gasteiger partial charge in [-0.3, -0.25) is 24.5 Å². The molecule has 8 nitrogen and oxygen atoms in total. The van der Waals surface area contributed by atoms with E-state index in [4.69, 9.17) is 10.8 Å². The number of ketones is 2. The first-order chi connectivity index (χ1) is 9.29. The second-order valence-electron chi connectivity index (χ2n) is 4.12. The Kier molecular flexibility index (Phi) is 8.77. The fraction of sp³-hybridized carbons (Fsp3) is 0.636. The predicted molar refractivity (Wildman–Crippen MR) is 74.3 cm³/mol. The van der Waals surface area contributed by atoms with Crippen molar-refractivity contribution >= 4 is 36.1 Å². The zero-order valence-electron chi connectivity index (χ0n) is 11.1. The highest BCUT2D eigenvalue weighted by Gasteiger charge is 2.28. The Balaban J connectivity index is 4.63. The minimum atomic E-state index is -1.09. The third-order valence-corrected chi connectivity index (χ3v) is 2.82. The van der Waals surface area contributed by atoms with Gasteiger partial charge in [0.05, 0.1) is 18.8 Å². The molecule has 0 rings (SSSR count). The van der Waals surface area contributed by atoms with Gasteiger partial charge in [0.25, 0.3) is 0 Å². The summed E-state index contributed by atoms with van der Waals surface area (Å²) in [6, 6.07) is -2.03. The van der Waals surface area contributed by atoms with Crippen molar-refractivity contribution in [2.75, 3.05) is 12.4 Å². The SMILES string of the molecule is CC(=O)NCN[C@@H](CCC(=O)O)C(=O)C(=O)[C@@H](N)CS. The number of hydrogen-bond acceptors (Lipinski definition) is 7. The third-order valence-electron chi connectivity index (χ3n) is 2.43. The number of rotatable bonds is 10. The molecule has 0 unspecified atom stereocenters. The molecule has 0 aromatic carbocycles. The maximum absolute atomic E-state index is 11.9. The first-order valence-corrected chi connectivity index (χ1v) is 6.57. The molecule has 0 heterocycles. The number of amides is 1. The molecule has 2 atom stereocenters. The molecule has 0 saturated carbocycles. The van der Waals surface area contributed by atoms with E-state index in [0.29, 0.717) is 0 Å². The second-order valence-corrected chi connectivity index (χ2v) is 4.48. The lowest BCUT2D eigenvalue weighted by molar-refractivity contribution is -0.140. The number of carbonyl (C=O) groups is 4. The van der Waals surface area contributed by atoms with E-state index >= 15 is 0 Å². The van der Waals surface area contributed by atoms with Crippen LogP contribution in [-0.4, -0.2) is 53.1 Å². The van der Waals surface area contributed by atoms with E-state index in [1.165, 1.54) is 6.92 Å². The quantitative estimate of drug-likeness (QED) is 0.184. The lowest BCUT2D eigenvalue weighted by Gasteiger charge is -2.17. The van der Waals surface area contributed by atoms with Gasteiger partial charge in [-0.25, -0.2) is 0 Å². The number of carboxylic acids is 1. The van der Waals surface area contributed by atoms with Crippen LogP contribution in [0.15, 0.2) is 0 Å². The summed E-state index contributed by atoms with van der Waals surface area (Å²) in [7, 11) is 0. The Bertz CT molecular complexity index is 388. The van der Waals surface area contributed by atoms with Gasteiger partial charge < -0.3 is 16.2 Å². The summed E-state index contributed by atoms with van der Waals surface area (Å²) in [6.07, 6.45) is -0.356. The molecule has 0 aromatic heterocycles. The number of Topliss-reactive ketones (excluding diaryl/α,β-unsaturated/α-hetero) is 2. The van der Waals surface area contributed by atoms with Crippen molar-refractivity contribution in [3.8, 4) is 0 Å². The molecule has 0 aromatic rings. The van der Waals surface area contributed by atoms with Gasteiger partial charge in [-0.15, -0.1) is 0 Å². The van der Waals surface area contributed by atoms with E-state index in [9.17, 15) is 19.2 Å². The van der Waals surface area contributed by atoms with E-state index < -0.39 is 29.6 Å². The average Bonchev–Trinajstić information content (AvgIpc) is 2.39. The van der Waals surface area contributed by atoms with Crippen molar-refractivity contribution in [1.29, 1.82) is 0 Å². The lowest BCUT2D eigenvalue weighted by Crippen LogP contribution is -2.50. The van der Waals surface area contributed by atoms with Crippen LogP contribution in [0.4, 0.5) is 0 Å². The number of nitrogens with two attached hydrogens (primary N) is 1. The molecule has 0 aliphatic rings. The summed E-state index contributed by atoms with van der Waals surface area (Å²) >= 11 is 3.83. The van der Waals surface area contributed by atoms with Crippen LogP contribution in [0.3, 0.4) is 0 Å². The van der Waals surface area contributed by atoms with Crippen LogP contribution in [0.5, 0.6) is 0 Å². The average molecular weight is 305 g/mol. The van der Waals surface area contributed by atoms with E-state index in [0.717, 1.165) is 0 Å². The van der Waals surface area contributed by atoms with Crippen LogP contribution in [-0.2, 0) is 19.2 Å². The maximum Gasteiger partial charge on any atom is 0.303 e. The lowest BCUT2D eigenvalue weighted by atomic mass is 10.0. The minimum absolute atomic E-state index is 0.0158. The highest BCUT2D eigenvalue weighted by atomic mass is 32.1. The molecular weight excluding hydrogens is 286 g/mol. The number of carbonyl (C=O) groups excluding carboxylic acids is 3. The summed E-state index contributed by atoms with van der Waals surface area (Å²) in [5.74, 6) is -3.01. The molecule has 20 heavy (non-hydrogen) atoms. The van der Waals surface area contributed by atoms with Gasteiger partial charge in [0.2, 0.25) is 17.5 Å². The molecule has 5 N–H and O–H groups in total. The first-order valence-electron chi connectivity index (χ1n) is 5.93. The summed E-state index contributed by atoms with van der Waals surface area (Å²) in [4.78, 5) is 44.8. The van der Waals surface area contributed by atoms with Gasteiger partial charge in [-0.1, -0.05) is 0 Å². The van der Waals surface area contributed by atoms with Crippen LogP contribution in [0.25, 0.3) is 0 Å². The largest absolute Gasteiger partial charge is 0.481 e. The normalized spacial score (nSPS) is 13.3. The Morgan fingerprint density at radius 3 is 2.30 bits per heavy atom. The fourth-order valence-corrected chi connectivity index (χ4v) is 1.50. The molecule has 0 aliphatic carbocycles. The maximum atomic E-state index is 11.9. The zero-order valence-corrected chi connectivity index (χ0v) is 12.0. The van der Waals surface area contributed by atoms with Crippen LogP contribution >= 0.6 is 12.6 Å². The molecule has 114 valence electrons. The Morgan fingerprint density at radius 1 is 1.25 bits per heavy atom. The van der Waals surface area contributed by atoms with Crippen molar-refractivity contribution < 1.29 is 24.3 Å². The molecule has 0 fully saturated rings. The number of aliphatic carboxylic acids is 1. The molecule has 0 aliphatic heterocycles. The molecule has 9 heteroatoms. The molecule has 0 saturated heterocycles. The predicted octanol–water partition coefficient (Wildman–Crippen LogP) is -1.70. The summed E-state index contributed by atoms with van der Waals surface area (Å²) in [5, 5.41) is 13.6. The topological polar surface area (TPSA) is 139 Å². The van der Waals surface area contributed by atoms with Gasteiger partial charge in [-0.05, 0) is 6.42 Å². The van der Waals surface area contributed by atoms with Crippen molar-refractivity contribution in [3.63, 3.8) is 0 Å². The summed E-state index contributed by atoms with van der Waals surface area (Å²) in [5.41, 5.74) is 5.43. The monoisotopic (exact) mass is 305 g/mol. The van der Waals surface area contributed by atoms with E-state index in [1.54, 1.807) is 0 Å². The fourth-order valence-electron chi connectivity index (χ4n) is 1.33. The van der Waals surface area contributed by atoms with Crippen LogP contribution in [0.2, 0.25) is 0 Å². The smallest absolute Gasteiger partial charge is 0.303 e. The van der Waals surface area contributed by atoms with Gasteiger partial charge in [0.1, 0.15) is 0 Å². The van der Waals surface area contributed by atoms with Gasteiger partial charge in [0, 0.05) is 19.1 Å². The van der Waals surface area contributed by atoms with Gasteiger partial charge >= 0.3 is 5.97 Å². The summed E-state index contributed by atoms with van der Waals surface area (Å²) in [6.45, 7) is 1.24. The van der Waals surface area contributed by atoms with Crippen molar-refractivity contribution in [1.82, 2.24) is 10.6 Å². The highest BCUT2D eigenvalue weighted by Crippen LogP contribution is 2.02. The van der Waals surface area contributed by atoms with Crippen LogP contribution < -0.4 is 16.4 Å². The standard InChI is InChI=1S/C11H19N3O5S/c1-6(15)13-5-14-8(2-3-9(16)17)11(19)10(18)7(12)4-20/h7-8,14,20H,2-5,12H2,1H3,(H,13,15)(H,16,17)/t7-,8-/m0/s1. The molecule has 0 bridgehead atoms. The van der Waals surface area contributed by atoms with Crippen LogP contribution in [0.1, 0.15) is 19.8 Å². The van der Waals surface area contributed by atoms with E-state index in [1.807, 2.05) is 0 Å². The summed E-state index contributed by atoms with van der Waals surface area (Å²) < 4.78 is 0. The van der Waals surface area contributed by atoms with Crippen molar-refractivity contribution in [3.05, 3.63) is 0 Å².